The number of rotatable bonds is 4. The molecule has 5 heteroatoms. The zero-order valence-corrected chi connectivity index (χ0v) is 12.1. The molecule has 2 aromatic rings. The Labute approximate surface area is 122 Å². The Balaban J connectivity index is 2.20. The van der Waals surface area contributed by atoms with Crippen LogP contribution in [0.15, 0.2) is 34.7 Å². The average molecular weight is 287 g/mol. The molecule has 1 aromatic heterocycles. The number of furan rings is 1. The first kappa shape index (κ1) is 14.8. The molecule has 0 spiro atoms. The minimum Gasteiger partial charge on any atom is -0.481 e. The van der Waals surface area contributed by atoms with Crippen LogP contribution in [0.4, 0.5) is 5.69 Å². The van der Waals surface area contributed by atoms with E-state index in [2.05, 4.69) is 5.32 Å². The summed E-state index contributed by atoms with van der Waals surface area (Å²) in [6, 6.07) is 8.59. The van der Waals surface area contributed by atoms with Crippen molar-refractivity contribution in [2.45, 2.75) is 26.7 Å². The highest BCUT2D eigenvalue weighted by Crippen LogP contribution is 2.21. The predicted molar refractivity (Wildman–Crippen MR) is 78.6 cm³/mol. The van der Waals surface area contributed by atoms with Gasteiger partial charge < -0.3 is 14.8 Å². The zero-order chi connectivity index (χ0) is 15.6. The van der Waals surface area contributed by atoms with Gasteiger partial charge in [-0.05, 0) is 44.5 Å². The SMILES string of the molecule is Cc1cc(C)c(C(=O)Nc2cccc(C(C)C(=O)O)c2)o1. The predicted octanol–water partition coefficient (Wildman–Crippen LogP) is 3.34. The van der Waals surface area contributed by atoms with E-state index in [1.807, 2.05) is 0 Å². The number of carbonyl (C=O) groups excluding carboxylic acids is 1. The van der Waals surface area contributed by atoms with Crippen LogP contribution in [0.5, 0.6) is 0 Å². The Morgan fingerprint density at radius 3 is 2.52 bits per heavy atom. The number of carboxylic acids is 1. The molecule has 0 saturated carbocycles. The van der Waals surface area contributed by atoms with Crippen LogP contribution in [-0.4, -0.2) is 17.0 Å². The highest BCUT2D eigenvalue weighted by Gasteiger charge is 2.17. The van der Waals surface area contributed by atoms with Crippen molar-refractivity contribution in [3.05, 3.63) is 53.0 Å². The van der Waals surface area contributed by atoms with E-state index in [1.54, 1.807) is 51.1 Å². The largest absolute Gasteiger partial charge is 0.481 e. The van der Waals surface area contributed by atoms with Gasteiger partial charge in [-0.2, -0.15) is 0 Å². The number of nitrogens with one attached hydrogen (secondary N) is 1. The molecule has 1 unspecified atom stereocenters. The topological polar surface area (TPSA) is 79.5 Å². The van der Waals surface area contributed by atoms with E-state index in [-0.39, 0.29) is 11.7 Å². The molecule has 2 rings (SSSR count). The number of anilines is 1. The molecule has 0 aliphatic carbocycles. The summed E-state index contributed by atoms with van der Waals surface area (Å²) in [5.74, 6) is -0.943. The van der Waals surface area contributed by atoms with Crippen LogP contribution < -0.4 is 5.32 Å². The van der Waals surface area contributed by atoms with Crippen molar-refractivity contribution in [1.29, 1.82) is 0 Å². The summed E-state index contributed by atoms with van der Waals surface area (Å²) in [5.41, 5.74) is 1.94. The summed E-state index contributed by atoms with van der Waals surface area (Å²) in [6.07, 6.45) is 0. The maximum Gasteiger partial charge on any atom is 0.310 e. The summed E-state index contributed by atoms with van der Waals surface area (Å²) >= 11 is 0. The number of aliphatic carboxylic acids is 1. The van der Waals surface area contributed by atoms with Gasteiger partial charge in [-0.25, -0.2) is 0 Å². The fraction of sp³-hybridized carbons (Fsp3) is 0.250. The lowest BCUT2D eigenvalue weighted by molar-refractivity contribution is -0.138. The van der Waals surface area contributed by atoms with Crippen molar-refractivity contribution in [2.24, 2.45) is 0 Å². The third kappa shape index (κ3) is 3.31. The lowest BCUT2D eigenvalue weighted by Crippen LogP contribution is -2.13. The van der Waals surface area contributed by atoms with E-state index >= 15 is 0 Å². The quantitative estimate of drug-likeness (QED) is 0.903. The molecule has 0 aliphatic heterocycles. The molecule has 2 N–H and O–H groups in total. The number of amides is 1. The standard InChI is InChI=1S/C16H17NO4/c1-9-7-10(2)21-14(9)15(18)17-13-6-4-5-12(8-13)11(3)16(19)20/h4-8,11H,1-3H3,(H,17,18)(H,19,20). The third-order valence-corrected chi connectivity index (χ3v) is 3.26. The first-order valence-electron chi connectivity index (χ1n) is 6.59. The Hall–Kier alpha value is -2.56. The van der Waals surface area contributed by atoms with Crippen LogP contribution in [0.3, 0.4) is 0 Å². The van der Waals surface area contributed by atoms with Gasteiger partial charge in [-0.1, -0.05) is 12.1 Å². The monoisotopic (exact) mass is 287 g/mol. The zero-order valence-electron chi connectivity index (χ0n) is 12.1. The normalized spacial score (nSPS) is 12.0. The van der Waals surface area contributed by atoms with E-state index in [1.165, 1.54) is 0 Å². The van der Waals surface area contributed by atoms with Crippen LogP contribution >= 0.6 is 0 Å². The lowest BCUT2D eigenvalue weighted by Gasteiger charge is -2.09. The average Bonchev–Trinajstić information content (AvgIpc) is 2.77. The fourth-order valence-electron chi connectivity index (χ4n) is 2.08. The minimum absolute atomic E-state index is 0.268. The van der Waals surface area contributed by atoms with Gasteiger partial charge in [0.15, 0.2) is 5.76 Å². The maximum atomic E-state index is 12.1. The number of carbonyl (C=O) groups is 2. The highest BCUT2D eigenvalue weighted by atomic mass is 16.4. The van der Waals surface area contributed by atoms with Crippen LogP contribution in [0.1, 0.15) is 40.3 Å². The number of benzene rings is 1. The van der Waals surface area contributed by atoms with Crippen molar-refractivity contribution in [2.75, 3.05) is 5.32 Å². The first-order valence-corrected chi connectivity index (χ1v) is 6.59. The summed E-state index contributed by atoms with van der Waals surface area (Å²) in [4.78, 5) is 23.1. The second kappa shape index (κ2) is 5.83. The molecule has 110 valence electrons. The molecule has 5 nitrogen and oxygen atoms in total. The molecular formula is C16H17NO4. The summed E-state index contributed by atoms with van der Waals surface area (Å²) in [6.45, 7) is 5.18. The smallest absolute Gasteiger partial charge is 0.310 e. The van der Waals surface area contributed by atoms with Gasteiger partial charge in [-0.15, -0.1) is 0 Å². The van der Waals surface area contributed by atoms with Crippen LogP contribution in [0, 0.1) is 13.8 Å². The summed E-state index contributed by atoms with van der Waals surface area (Å²) in [5, 5.41) is 11.7. The number of hydrogen-bond acceptors (Lipinski definition) is 3. The maximum absolute atomic E-state index is 12.1. The van der Waals surface area contributed by atoms with Gasteiger partial charge in [0.2, 0.25) is 0 Å². The molecule has 0 saturated heterocycles. The van der Waals surface area contributed by atoms with Crippen molar-refractivity contribution in [3.63, 3.8) is 0 Å². The molecule has 21 heavy (non-hydrogen) atoms. The molecular weight excluding hydrogens is 270 g/mol. The van der Waals surface area contributed by atoms with Gasteiger partial charge in [0.1, 0.15) is 5.76 Å². The Morgan fingerprint density at radius 2 is 1.95 bits per heavy atom. The molecule has 0 fully saturated rings. The second-order valence-corrected chi connectivity index (χ2v) is 5.01. The Kier molecular flexibility index (Phi) is 4.12. The molecule has 1 atom stereocenters. The van der Waals surface area contributed by atoms with Crippen molar-refractivity contribution >= 4 is 17.6 Å². The second-order valence-electron chi connectivity index (χ2n) is 5.01. The Bertz CT molecular complexity index is 687. The molecule has 0 radical (unpaired) electrons. The highest BCUT2D eigenvalue weighted by molar-refractivity contribution is 6.03. The van der Waals surface area contributed by atoms with E-state index in [0.29, 0.717) is 17.0 Å². The molecule has 1 aromatic carbocycles. The first-order chi connectivity index (χ1) is 9.88. The molecule has 0 aliphatic rings. The van der Waals surface area contributed by atoms with Gasteiger partial charge in [0.25, 0.3) is 5.91 Å². The van der Waals surface area contributed by atoms with Crippen molar-refractivity contribution in [1.82, 2.24) is 0 Å². The summed E-state index contributed by atoms with van der Waals surface area (Å²) < 4.78 is 5.36. The van der Waals surface area contributed by atoms with E-state index in [4.69, 9.17) is 9.52 Å². The van der Waals surface area contributed by atoms with Crippen LogP contribution in [0.25, 0.3) is 0 Å². The fourth-order valence-corrected chi connectivity index (χ4v) is 2.08. The molecule has 1 amide bonds. The minimum atomic E-state index is -0.906. The van der Waals surface area contributed by atoms with Gasteiger partial charge >= 0.3 is 5.97 Å². The lowest BCUT2D eigenvalue weighted by atomic mass is 10.0. The summed E-state index contributed by atoms with van der Waals surface area (Å²) in [7, 11) is 0. The third-order valence-electron chi connectivity index (χ3n) is 3.26. The van der Waals surface area contributed by atoms with Gasteiger partial charge in [0, 0.05) is 11.3 Å². The number of carboxylic acid groups (broad SMARTS) is 1. The number of hydrogen-bond donors (Lipinski definition) is 2. The van der Waals surface area contributed by atoms with E-state index < -0.39 is 11.9 Å². The van der Waals surface area contributed by atoms with E-state index in [0.717, 1.165) is 5.56 Å². The van der Waals surface area contributed by atoms with Gasteiger partial charge in [-0.3, -0.25) is 9.59 Å². The van der Waals surface area contributed by atoms with E-state index in [9.17, 15) is 9.59 Å². The van der Waals surface area contributed by atoms with Crippen LogP contribution in [-0.2, 0) is 4.79 Å². The van der Waals surface area contributed by atoms with Crippen molar-refractivity contribution < 1.29 is 19.1 Å². The number of aryl methyl sites for hydroxylation is 2. The van der Waals surface area contributed by atoms with Crippen molar-refractivity contribution in [3.8, 4) is 0 Å². The molecule has 0 bridgehead atoms. The Morgan fingerprint density at radius 1 is 1.24 bits per heavy atom. The molecule has 1 heterocycles. The van der Waals surface area contributed by atoms with Gasteiger partial charge in [0.05, 0.1) is 5.92 Å². The van der Waals surface area contributed by atoms with Crippen LogP contribution in [0.2, 0.25) is 0 Å².